The van der Waals surface area contributed by atoms with E-state index in [0.717, 1.165) is 21.5 Å². The van der Waals surface area contributed by atoms with E-state index in [4.69, 9.17) is 0 Å². The SMILES string of the molecule is CCC1CN(S(=O)(=O)c2cc(C)c(Br)s2)CCS1. The highest BCUT2D eigenvalue weighted by Crippen LogP contribution is 2.34. The van der Waals surface area contributed by atoms with Crippen LogP contribution in [0.5, 0.6) is 0 Å². The molecule has 3 nitrogen and oxygen atoms in total. The van der Waals surface area contributed by atoms with Crippen molar-refractivity contribution in [1.82, 2.24) is 4.31 Å². The molecule has 1 aromatic heterocycles. The molecule has 0 aliphatic carbocycles. The van der Waals surface area contributed by atoms with Crippen LogP contribution >= 0.6 is 39.0 Å². The molecule has 102 valence electrons. The van der Waals surface area contributed by atoms with Crippen LogP contribution < -0.4 is 0 Å². The van der Waals surface area contributed by atoms with E-state index >= 15 is 0 Å². The summed E-state index contributed by atoms with van der Waals surface area (Å²) in [4.78, 5) is 0. The van der Waals surface area contributed by atoms with Crippen molar-refractivity contribution in [3.05, 3.63) is 15.4 Å². The van der Waals surface area contributed by atoms with Gasteiger partial charge in [0.2, 0.25) is 0 Å². The van der Waals surface area contributed by atoms with Gasteiger partial charge in [-0.15, -0.1) is 11.3 Å². The van der Waals surface area contributed by atoms with Crippen LogP contribution in [-0.4, -0.2) is 36.8 Å². The first kappa shape index (κ1) is 14.8. The fourth-order valence-electron chi connectivity index (χ4n) is 1.84. The predicted octanol–water partition coefficient (Wildman–Crippen LogP) is 3.34. The van der Waals surface area contributed by atoms with E-state index in [2.05, 4.69) is 22.9 Å². The first-order valence-corrected chi connectivity index (χ1v) is 9.92. The molecule has 1 aromatic rings. The molecule has 1 atom stereocenters. The molecule has 0 amide bonds. The zero-order chi connectivity index (χ0) is 13.3. The van der Waals surface area contributed by atoms with E-state index in [1.54, 1.807) is 10.4 Å². The average Bonchev–Trinajstić information content (AvgIpc) is 2.70. The van der Waals surface area contributed by atoms with E-state index < -0.39 is 10.0 Å². The number of aryl methyl sites for hydroxylation is 1. The molecule has 2 rings (SSSR count). The van der Waals surface area contributed by atoms with Crippen molar-refractivity contribution in [2.24, 2.45) is 0 Å². The van der Waals surface area contributed by atoms with Crippen molar-refractivity contribution in [2.75, 3.05) is 18.8 Å². The van der Waals surface area contributed by atoms with Gasteiger partial charge < -0.3 is 0 Å². The van der Waals surface area contributed by atoms with Crippen molar-refractivity contribution in [2.45, 2.75) is 29.7 Å². The number of thiophene rings is 1. The molecule has 2 heterocycles. The zero-order valence-corrected chi connectivity index (χ0v) is 14.4. The minimum atomic E-state index is -3.30. The summed E-state index contributed by atoms with van der Waals surface area (Å²) in [5, 5.41) is 0.429. The molecule has 7 heteroatoms. The molecule has 0 saturated carbocycles. The molecule has 0 spiro atoms. The summed E-state index contributed by atoms with van der Waals surface area (Å²) < 4.78 is 28.0. The quantitative estimate of drug-likeness (QED) is 0.819. The molecule has 1 fully saturated rings. The predicted molar refractivity (Wildman–Crippen MR) is 82.1 cm³/mol. The number of rotatable bonds is 3. The van der Waals surface area contributed by atoms with Gasteiger partial charge in [0.05, 0.1) is 3.79 Å². The number of nitrogens with zero attached hydrogens (tertiary/aromatic N) is 1. The van der Waals surface area contributed by atoms with E-state index in [0.29, 0.717) is 22.5 Å². The van der Waals surface area contributed by atoms with Gasteiger partial charge >= 0.3 is 0 Å². The maximum atomic E-state index is 12.5. The van der Waals surface area contributed by atoms with Crippen LogP contribution in [0, 0.1) is 6.92 Å². The number of hydrogen-bond donors (Lipinski definition) is 0. The molecular weight excluding hydrogens is 354 g/mol. The Morgan fingerprint density at radius 1 is 1.56 bits per heavy atom. The number of halogens is 1. The highest BCUT2D eigenvalue weighted by Gasteiger charge is 2.31. The van der Waals surface area contributed by atoms with Crippen molar-refractivity contribution >= 4 is 49.1 Å². The average molecular weight is 370 g/mol. The summed E-state index contributed by atoms with van der Waals surface area (Å²) in [6.45, 7) is 5.29. The highest BCUT2D eigenvalue weighted by atomic mass is 79.9. The van der Waals surface area contributed by atoms with Gasteiger partial charge in [0.1, 0.15) is 4.21 Å². The molecule has 1 aliphatic rings. The Balaban J connectivity index is 2.25. The van der Waals surface area contributed by atoms with Crippen molar-refractivity contribution in [3.63, 3.8) is 0 Å². The topological polar surface area (TPSA) is 37.4 Å². The van der Waals surface area contributed by atoms with Gasteiger partial charge in [0.15, 0.2) is 0 Å². The summed E-state index contributed by atoms with van der Waals surface area (Å²) >= 11 is 6.57. The minimum Gasteiger partial charge on any atom is -0.206 e. The van der Waals surface area contributed by atoms with Crippen molar-refractivity contribution < 1.29 is 8.42 Å². The summed E-state index contributed by atoms with van der Waals surface area (Å²) in [5.74, 6) is 0.892. The molecular formula is C11H16BrNO2S3. The zero-order valence-electron chi connectivity index (χ0n) is 10.3. The molecule has 0 aromatic carbocycles. The third kappa shape index (κ3) is 2.95. The maximum absolute atomic E-state index is 12.5. The van der Waals surface area contributed by atoms with E-state index in [9.17, 15) is 8.42 Å². The lowest BCUT2D eigenvalue weighted by Crippen LogP contribution is -2.41. The fraction of sp³-hybridized carbons (Fsp3) is 0.636. The van der Waals surface area contributed by atoms with Gasteiger partial charge in [-0.3, -0.25) is 0 Å². The Kier molecular flexibility index (Phi) is 4.80. The number of thioether (sulfide) groups is 1. The second-order valence-corrected chi connectivity index (χ2v) is 10.2. The normalized spacial score (nSPS) is 22.3. The van der Waals surface area contributed by atoms with Gasteiger partial charge in [0, 0.05) is 24.1 Å². The van der Waals surface area contributed by atoms with Crippen LogP contribution in [-0.2, 0) is 10.0 Å². The standard InChI is InChI=1S/C11H16BrNO2S3/c1-3-9-7-13(4-5-16-9)18(14,15)10-6-8(2)11(12)17-10/h6,9H,3-5,7H2,1-2H3. The van der Waals surface area contributed by atoms with E-state index in [1.165, 1.54) is 11.3 Å². The van der Waals surface area contributed by atoms with Gasteiger partial charge in [0.25, 0.3) is 10.0 Å². The van der Waals surface area contributed by atoms with Gasteiger partial charge in [-0.1, -0.05) is 6.92 Å². The largest absolute Gasteiger partial charge is 0.252 e. The Hall–Kier alpha value is 0.440. The van der Waals surface area contributed by atoms with Gasteiger partial charge in [-0.05, 0) is 40.9 Å². The lowest BCUT2D eigenvalue weighted by atomic mass is 10.3. The molecule has 18 heavy (non-hydrogen) atoms. The Morgan fingerprint density at radius 3 is 2.83 bits per heavy atom. The van der Waals surface area contributed by atoms with Crippen LogP contribution in [0.4, 0.5) is 0 Å². The summed E-state index contributed by atoms with van der Waals surface area (Å²) in [5.41, 5.74) is 0.983. The smallest absolute Gasteiger partial charge is 0.206 e. The maximum Gasteiger partial charge on any atom is 0.252 e. The molecule has 0 radical (unpaired) electrons. The number of sulfonamides is 1. The lowest BCUT2D eigenvalue weighted by molar-refractivity contribution is 0.417. The van der Waals surface area contributed by atoms with Crippen LogP contribution in [0.15, 0.2) is 14.1 Å². The van der Waals surface area contributed by atoms with Gasteiger partial charge in [-0.2, -0.15) is 16.1 Å². The molecule has 1 unspecified atom stereocenters. The monoisotopic (exact) mass is 369 g/mol. The minimum absolute atomic E-state index is 0.429. The molecule has 0 N–H and O–H groups in total. The number of hydrogen-bond acceptors (Lipinski definition) is 4. The van der Waals surface area contributed by atoms with Crippen LogP contribution in [0.25, 0.3) is 0 Å². The van der Waals surface area contributed by atoms with Crippen molar-refractivity contribution in [3.8, 4) is 0 Å². The lowest BCUT2D eigenvalue weighted by Gasteiger charge is -2.30. The molecule has 1 aliphatic heterocycles. The van der Waals surface area contributed by atoms with Crippen LogP contribution in [0.1, 0.15) is 18.9 Å². The Bertz CT molecular complexity index is 507. The van der Waals surface area contributed by atoms with Crippen LogP contribution in [0.2, 0.25) is 0 Å². The summed E-state index contributed by atoms with van der Waals surface area (Å²) in [6.07, 6.45) is 1.02. The second-order valence-electron chi connectivity index (χ2n) is 4.29. The third-order valence-electron chi connectivity index (χ3n) is 2.99. The van der Waals surface area contributed by atoms with Crippen molar-refractivity contribution in [1.29, 1.82) is 0 Å². The Labute approximate surface area is 125 Å². The highest BCUT2D eigenvalue weighted by molar-refractivity contribution is 9.11. The fourth-order valence-corrected chi connectivity index (χ4v) is 7.10. The summed E-state index contributed by atoms with van der Waals surface area (Å²) in [6, 6.07) is 1.76. The summed E-state index contributed by atoms with van der Waals surface area (Å²) in [7, 11) is -3.30. The first-order valence-electron chi connectivity index (χ1n) is 5.83. The third-order valence-corrected chi connectivity index (χ3v) is 8.81. The van der Waals surface area contributed by atoms with E-state index in [1.807, 2.05) is 18.7 Å². The van der Waals surface area contributed by atoms with Gasteiger partial charge in [-0.25, -0.2) is 8.42 Å². The first-order chi connectivity index (χ1) is 8.45. The van der Waals surface area contributed by atoms with E-state index in [-0.39, 0.29) is 0 Å². The Morgan fingerprint density at radius 2 is 2.28 bits per heavy atom. The molecule has 1 saturated heterocycles. The second kappa shape index (κ2) is 5.83. The van der Waals surface area contributed by atoms with Crippen LogP contribution in [0.3, 0.4) is 0 Å². The molecule has 0 bridgehead atoms.